The van der Waals surface area contributed by atoms with Gasteiger partial charge in [0.15, 0.2) is 6.10 Å². The second kappa shape index (κ2) is 32.7. The van der Waals surface area contributed by atoms with E-state index in [2.05, 4.69) is 67.0 Å². The van der Waals surface area contributed by atoms with Gasteiger partial charge < -0.3 is 19.3 Å². The Kier molecular flexibility index (Phi) is 31.1. The van der Waals surface area contributed by atoms with Crippen LogP contribution in [0.15, 0.2) is 60.8 Å². The lowest BCUT2D eigenvalue weighted by atomic mass is 10.1. The van der Waals surface area contributed by atoms with Crippen LogP contribution in [0.2, 0.25) is 0 Å². The molecule has 0 spiro atoms. The Morgan fingerprint density at radius 2 is 1.02 bits per heavy atom. The van der Waals surface area contributed by atoms with E-state index in [1.807, 2.05) is 12.2 Å². The maximum atomic E-state index is 12.3. The topological polar surface area (TPSA) is 119 Å². The fourth-order valence-corrected chi connectivity index (χ4v) is 4.70. The number of hydrogen-bond donors (Lipinski definition) is 2. The van der Waals surface area contributed by atoms with Gasteiger partial charge in [-0.2, -0.15) is 0 Å². The molecule has 0 amide bonds. The Labute approximate surface area is 279 Å². The third kappa shape index (κ3) is 34.6. The second-order valence-electron chi connectivity index (χ2n) is 11.5. The Morgan fingerprint density at radius 1 is 0.565 bits per heavy atom. The lowest BCUT2D eigenvalue weighted by molar-refractivity contribution is -0.161. The van der Waals surface area contributed by atoms with Crippen molar-refractivity contribution in [2.24, 2.45) is 0 Å². The third-order valence-corrected chi connectivity index (χ3v) is 7.49. The summed E-state index contributed by atoms with van der Waals surface area (Å²) in [6, 6.07) is 0. The standard InChI is InChI=1S/C37H63O8P/c1-3-5-7-9-11-13-15-16-17-18-19-20-22-24-26-28-30-32-37(39)45-35(34-44-46(40,41)42)33-43-36(38)31-29-27-25-23-21-14-12-10-8-6-4-2/h10-13,16-17,19-20,24,26,35H,3-9,14-15,18,21-23,25,27-34H2,1-2H3,(H2,40,41,42)/b12-10+,13-11+,17-16+,20-19+,26-24+/t35-/m1/s1. The predicted octanol–water partition coefficient (Wildman–Crippen LogP) is 10.2. The van der Waals surface area contributed by atoms with Gasteiger partial charge in [-0.1, -0.05) is 120 Å². The number of carbonyl (C=O) groups excluding carboxylic acids is 2. The zero-order valence-electron chi connectivity index (χ0n) is 28.7. The van der Waals surface area contributed by atoms with Crippen LogP contribution in [0.3, 0.4) is 0 Å². The number of esters is 2. The van der Waals surface area contributed by atoms with Gasteiger partial charge in [-0.3, -0.25) is 14.1 Å². The van der Waals surface area contributed by atoms with Crippen LogP contribution in [-0.2, 0) is 28.2 Å². The number of ether oxygens (including phenoxy) is 2. The molecule has 0 radical (unpaired) electrons. The number of unbranched alkanes of at least 4 members (excludes halogenated alkanes) is 11. The number of phosphoric ester groups is 1. The summed E-state index contributed by atoms with van der Waals surface area (Å²) in [6.07, 6.45) is 39.5. The van der Waals surface area contributed by atoms with Crippen molar-refractivity contribution in [3.63, 3.8) is 0 Å². The van der Waals surface area contributed by atoms with Crippen LogP contribution in [-0.4, -0.2) is 41.0 Å². The molecule has 0 aliphatic carbocycles. The van der Waals surface area contributed by atoms with Gasteiger partial charge in [0.2, 0.25) is 0 Å². The van der Waals surface area contributed by atoms with E-state index in [0.29, 0.717) is 19.3 Å². The Bertz CT molecular complexity index is 932. The summed E-state index contributed by atoms with van der Waals surface area (Å²) in [6.45, 7) is 3.53. The van der Waals surface area contributed by atoms with Crippen LogP contribution in [0.1, 0.15) is 142 Å². The van der Waals surface area contributed by atoms with E-state index >= 15 is 0 Å². The quantitative estimate of drug-likeness (QED) is 0.0325. The largest absolute Gasteiger partial charge is 0.469 e. The number of phosphoric acid groups is 1. The second-order valence-corrected chi connectivity index (χ2v) is 12.7. The smallest absolute Gasteiger partial charge is 0.462 e. The van der Waals surface area contributed by atoms with Gasteiger partial charge in [0.25, 0.3) is 0 Å². The highest BCUT2D eigenvalue weighted by Crippen LogP contribution is 2.35. The lowest BCUT2D eigenvalue weighted by Crippen LogP contribution is -2.29. The average molecular weight is 667 g/mol. The fraction of sp³-hybridized carbons (Fsp3) is 0.676. The number of carbonyl (C=O) groups is 2. The number of allylic oxidation sites excluding steroid dienone is 10. The predicted molar refractivity (Wildman–Crippen MR) is 188 cm³/mol. The van der Waals surface area contributed by atoms with Crippen molar-refractivity contribution in [1.82, 2.24) is 0 Å². The molecule has 0 bridgehead atoms. The summed E-state index contributed by atoms with van der Waals surface area (Å²) >= 11 is 0. The van der Waals surface area contributed by atoms with Crippen molar-refractivity contribution in [3.8, 4) is 0 Å². The molecular formula is C37H63O8P. The van der Waals surface area contributed by atoms with Gasteiger partial charge >= 0.3 is 19.8 Å². The van der Waals surface area contributed by atoms with Gasteiger partial charge in [0.05, 0.1) is 6.61 Å². The average Bonchev–Trinajstić information content (AvgIpc) is 3.02. The SMILES string of the molecule is CCCC/C=C/CCCCCCCC(=O)OC[C@H](COP(=O)(O)O)OC(=O)CCC/C=C/C/C=C/C/C=C/C/C=C/CCCCC. The van der Waals surface area contributed by atoms with Crippen LogP contribution >= 0.6 is 7.82 Å². The molecule has 2 N–H and O–H groups in total. The Morgan fingerprint density at radius 3 is 1.61 bits per heavy atom. The van der Waals surface area contributed by atoms with Crippen LogP contribution in [0.25, 0.3) is 0 Å². The molecule has 0 saturated carbocycles. The van der Waals surface area contributed by atoms with Crippen molar-refractivity contribution >= 4 is 19.8 Å². The minimum Gasteiger partial charge on any atom is -0.462 e. The highest BCUT2D eigenvalue weighted by molar-refractivity contribution is 7.46. The van der Waals surface area contributed by atoms with Crippen molar-refractivity contribution < 1.29 is 37.9 Å². The summed E-state index contributed by atoms with van der Waals surface area (Å²) in [5.74, 6) is -0.969. The van der Waals surface area contributed by atoms with Crippen molar-refractivity contribution in [2.45, 2.75) is 148 Å². The summed E-state index contributed by atoms with van der Waals surface area (Å²) in [7, 11) is -4.76. The van der Waals surface area contributed by atoms with Crippen LogP contribution in [0.4, 0.5) is 0 Å². The molecule has 0 aromatic rings. The van der Waals surface area contributed by atoms with Gasteiger partial charge in [-0.15, -0.1) is 0 Å². The van der Waals surface area contributed by atoms with Crippen LogP contribution in [0.5, 0.6) is 0 Å². The van der Waals surface area contributed by atoms with Crippen molar-refractivity contribution in [1.29, 1.82) is 0 Å². The zero-order valence-corrected chi connectivity index (χ0v) is 29.6. The van der Waals surface area contributed by atoms with E-state index in [0.717, 1.165) is 57.8 Å². The molecular weight excluding hydrogens is 603 g/mol. The van der Waals surface area contributed by atoms with Crippen LogP contribution in [0, 0.1) is 0 Å². The molecule has 9 heteroatoms. The summed E-state index contributed by atoms with van der Waals surface area (Å²) in [4.78, 5) is 42.5. The first-order chi connectivity index (χ1) is 22.3. The molecule has 0 rings (SSSR count). The molecule has 0 unspecified atom stereocenters. The van der Waals surface area contributed by atoms with Gasteiger partial charge in [0.1, 0.15) is 6.61 Å². The van der Waals surface area contributed by atoms with E-state index < -0.39 is 32.5 Å². The van der Waals surface area contributed by atoms with Crippen LogP contribution < -0.4 is 0 Å². The zero-order chi connectivity index (χ0) is 34.0. The molecule has 0 aromatic carbocycles. The maximum absolute atomic E-state index is 12.3. The first kappa shape index (κ1) is 43.8. The van der Waals surface area contributed by atoms with Crippen molar-refractivity contribution in [2.75, 3.05) is 13.2 Å². The highest BCUT2D eigenvalue weighted by atomic mass is 31.2. The van der Waals surface area contributed by atoms with E-state index in [1.54, 1.807) is 0 Å². The fourth-order valence-electron chi connectivity index (χ4n) is 4.34. The Hall–Kier alpha value is -2.25. The summed E-state index contributed by atoms with van der Waals surface area (Å²) in [5.41, 5.74) is 0. The molecule has 0 aliphatic heterocycles. The molecule has 46 heavy (non-hydrogen) atoms. The molecule has 8 nitrogen and oxygen atoms in total. The summed E-state index contributed by atoms with van der Waals surface area (Å²) in [5, 5.41) is 0. The molecule has 0 aromatic heterocycles. The minimum atomic E-state index is -4.76. The van der Waals surface area contributed by atoms with E-state index in [1.165, 1.54) is 38.5 Å². The molecule has 0 heterocycles. The number of rotatable bonds is 31. The number of hydrogen-bond acceptors (Lipinski definition) is 6. The molecule has 0 fully saturated rings. The normalized spacial score (nSPS) is 13.2. The first-order valence-corrected chi connectivity index (χ1v) is 19.1. The van der Waals surface area contributed by atoms with E-state index in [4.69, 9.17) is 19.3 Å². The monoisotopic (exact) mass is 666 g/mol. The maximum Gasteiger partial charge on any atom is 0.469 e. The molecule has 0 aliphatic rings. The molecule has 264 valence electrons. The third-order valence-electron chi connectivity index (χ3n) is 7.01. The van der Waals surface area contributed by atoms with E-state index in [-0.39, 0.29) is 19.4 Å². The first-order valence-electron chi connectivity index (χ1n) is 17.6. The minimum absolute atomic E-state index is 0.132. The lowest BCUT2D eigenvalue weighted by Gasteiger charge is -2.18. The van der Waals surface area contributed by atoms with Gasteiger partial charge in [0, 0.05) is 12.8 Å². The molecule has 0 saturated heterocycles. The Balaban J connectivity index is 4.14. The van der Waals surface area contributed by atoms with Gasteiger partial charge in [-0.05, 0) is 70.6 Å². The van der Waals surface area contributed by atoms with Crippen molar-refractivity contribution in [3.05, 3.63) is 60.8 Å². The van der Waals surface area contributed by atoms with E-state index in [9.17, 15) is 14.2 Å². The highest BCUT2D eigenvalue weighted by Gasteiger charge is 2.22. The molecule has 1 atom stereocenters. The summed E-state index contributed by atoms with van der Waals surface area (Å²) < 4.78 is 26.2. The van der Waals surface area contributed by atoms with Gasteiger partial charge in [-0.25, -0.2) is 4.57 Å².